The molecule has 8 aromatic rings. The van der Waals surface area contributed by atoms with E-state index in [2.05, 4.69) is 180 Å². The molecule has 1 saturated carbocycles. The Bertz CT molecular complexity index is 3090. The molecule has 4 heteroatoms. The van der Waals surface area contributed by atoms with Crippen molar-refractivity contribution in [3.63, 3.8) is 0 Å². The molecule has 306 valence electrons. The molecule has 11 rings (SSSR count). The summed E-state index contributed by atoms with van der Waals surface area (Å²) in [4.78, 5) is 5.07. The predicted octanol–water partition coefficient (Wildman–Crippen LogP) is 14.4. The van der Waals surface area contributed by atoms with Crippen molar-refractivity contribution in [2.45, 2.75) is 26.3 Å². The first-order valence-electron chi connectivity index (χ1n) is 22.0. The lowest BCUT2D eigenvalue weighted by atomic mass is 9.92. The van der Waals surface area contributed by atoms with Gasteiger partial charge >= 0.3 is 0 Å². The first-order valence-corrected chi connectivity index (χ1v) is 22.0. The maximum Gasteiger partial charge on any atom is 0.0673 e. The van der Waals surface area contributed by atoms with Crippen LogP contribution in [0.3, 0.4) is 0 Å². The molecule has 0 aliphatic heterocycles. The normalized spacial score (nSPS) is 16.6. The van der Waals surface area contributed by atoms with Crippen LogP contribution in [0, 0.1) is 11.8 Å². The van der Waals surface area contributed by atoms with Crippen molar-refractivity contribution in [2.75, 3.05) is 5.32 Å². The second kappa shape index (κ2) is 17.7. The highest BCUT2D eigenvalue weighted by molar-refractivity contribution is 6.18. The minimum atomic E-state index is 0.577. The molecule has 0 radical (unpaired) electrons. The third-order valence-corrected chi connectivity index (χ3v) is 12.1. The van der Waals surface area contributed by atoms with E-state index < -0.39 is 0 Å². The van der Waals surface area contributed by atoms with E-state index in [1.165, 1.54) is 62.1 Å². The average Bonchev–Trinajstić information content (AvgIpc) is 4.09. The van der Waals surface area contributed by atoms with Crippen LogP contribution in [0.4, 0.5) is 5.69 Å². The van der Waals surface area contributed by atoms with E-state index in [9.17, 15) is 0 Å². The molecule has 4 nitrogen and oxygen atoms in total. The lowest BCUT2D eigenvalue weighted by molar-refractivity contribution is 0.971. The zero-order valence-electron chi connectivity index (χ0n) is 35.5. The van der Waals surface area contributed by atoms with Gasteiger partial charge in [-0.15, -0.1) is 0 Å². The number of hydrogen-bond donors (Lipinski definition) is 2. The fraction of sp³-hybridized carbons (Fsp3) is 0.102. The number of rotatable bonds is 9. The molecule has 63 heavy (non-hydrogen) atoms. The highest BCUT2D eigenvalue weighted by atomic mass is 15.0. The van der Waals surface area contributed by atoms with Crippen LogP contribution < -0.4 is 11.1 Å². The summed E-state index contributed by atoms with van der Waals surface area (Å²) in [5.74, 6) is 1.17. The molecular formula is C59H50N4. The molecule has 3 aliphatic rings. The summed E-state index contributed by atoms with van der Waals surface area (Å²) in [6.45, 7) is 2.51. The van der Waals surface area contributed by atoms with Crippen LogP contribution in [0.1, 0.15) is 47.7 Å². The van der Waals surface area contributed by atoms with Crippen molar-refractivity contribution in [3.8, 4) is 16.8 Å². The topological polar surface area (TPSA) is 55.3 Å². The number of nitrogens with zero attached hydrogens (tertiary/aromatic N) is 2. The first kappa shape index (κ1) is 39.4. The van der Waals surface area contributed by atoms with Crippen LogP contribution in [0.15, 0.2) is 223 Å². The monoisotopic (exact) mass is 814 g/mol. The van der Waals surface area contributed by atoms with Crippen LogP contribution in [-0.2, 0) is 6.54 Å². The quantitative estimate of drug-likeness (QED) is 0.143. The molecule has 3 N–H and O–H groups in total. The number of hydrogen-bond acceptors (Lipinski definition) is 3. The summed E-state index contributed by atoms with van der Waals surface area (Å²) in [5, 5.41) is 7.48. The second-order valence-corrected chi connectivity index (χ2v) is 16.6. The molecular weight excluding hydrogens is 765 g/mol. The minimum Gasteiger partial charge on any atom is -0.402 e. The van der Waals surface area contributed by atoms with Gasteiger partial charge in [0.2, 0.25) is 0 Å². The Kier molecular flexibility index (Phi) is 11.1. The van der Waals surface area contributed by atoms with Gasteiger partial charge in [-0.2, -0.15) is 0 Å². The Morgan fingerprint density at radius 1 is 0.651 bits per heavy atom. The summed E-state index contributed by atoms with van der Waals surface area (Å²) < 4.78 is 2.39. The van der Waals surface area contributed by atoms with Gasteiger partial charge in [0.25, 0.3) is 0 Å². The highest BCUT2D eigenvalue weighted by Gasteiger charge is 2.38. The Morgan fingerprint density at radius 3 is 2.10 bits per heavy atom. The largest absolute Gasteiger partial charge is 0.402 e. The van der Waals surface area contributed by atoms with E-state index in [4.69, 9.17) is 10.7 Å². The Morgan fingerprint density at radius 2 is 1.32 bits per heavy atom. The number of para-hydroxylation sites is 1. The van der Waals surface area contributed by atoms with Crippen LogP contribution in [0.25, 0.3) is 56.2 Å². The smallest absolute Gasteiger partial charge is 0.0673 e. The Balaban J connectivity index is 0.000000727. The summed E-state index contributed by atoms with van der Waals surface area (Å²) in [6, 6.07) is 62.1. The van der Waals surface area contributed by atoms with Crippen LogP contribution in [-0.4, -0.2) is 10.3 Å². The van der Waals surface area contributed by atoms with E-state index in [0.29, 0.717) is 18.4 Å². The first-order chi connectivity index (χ1) is 31.1. The summed E-state index contributed by atoms with van der Waals surface area (Å²) in [7, 11) is 0. The van der Waals surface area contributed by atoms with Gasteiger partial charge in [0, 0.05) is 50.2 Å². The lowest BCUT2D eigenvalue weighted by Crippen LogP contribution is -2.08. The van der Waals surface area contributed by atoms with Gasteiger partial charge in [-0.3, -0.25) is 4.99 Å². The van der Waals surface area contributed by atoms with Gasteiger partial charge in [-0.25, -0.2) is 0 Å². The number of nitrogens with one attached hydrogen (secondary N) is 1. The zero-order chi connectivity index (χ0) is 42.5. The summed E-state index contributed by atoms with van der Waals surface area (Å²) in [5.41, 5.74) is 22.1. The molecule has 1 heterocycles. The molecule has 0 spiro atoms. The predicted molar refractivity (Wildman–Crippen MR) is 268 cm³/mol. The van der Waals surface area contributed by atoms with E-state index >= 15 is 0 Å². The molecule has 1 fully saturated rings. The van der Waals surface area contributed by atoms with Crippen molar-refractivity contribution < 1.29 is 0 Å². The van der Waals surface area contributed by atoms with E-state index in [1.807, 2.05) is 55.5 Å². The maximum atomic E-state index is 6.26. The number of anilines is 1. The minimum absolute atomic E-state index is 0.577. The fourth-order valence-corrected chi connectivity index (χ4v) is 8.95. The molecule has 2 unspecified atom stereocenters. The molecule has 0 saturated heterocycles. The molecule has 0 bridgehead atoms. The van der Waals surface area contributed by atoms with Crippen molar-refractivity contribution in [3.05, 3.63) is 246 Å². The van der Waals surface area contributed by atoms with Gasteiger partial charge in [0.1, 0.15) is 0 Å². The molecule has 7 aromatic carbocycles. The van der Waals surface area contributed by atoms with E-state index in [1.54, 1.807) is 0 Å². The van der Waals surface area contributed by atoms with Gasteiger partial charge in [0.15, 0.2) is 0 Å². The van der Waals surface area contributed by atoms with Crippen molar-refractivity contribution in [1.82, 2.24) is 4.57 Å². The maximum absolute atomic E-state index is 6.26. The zero-order valence-corrected chi connectivity index (χ0v) is 35.5. The highest BCUT2D eigenvalue weighted by Crippen LogP contribution is 2.49. The van der Waals surface area contributed by atoms with Crippen LogP contribution >= 0.6 is 0 Å². The third kappa shape index (κ3) is 8.49. The third-order valence-electron chi connectivity index (χ3n) is 12.1. The Hall–Kier alpha value is -7.69. The second-order valence-electron chi connectivity index (χ2n) is 16.6. The number of nitrogens with two attached hydrogens (primary N) is 1. The number of benzene rings is 7. The molecule has 0 amide bonds. The SMILES string of the molecule is C/C(N)=C/C(=NCc1ccccc1)c1ccc(NC2=CC3CC3C=C2c2cccc(-c3ccc4c(c3)c3c(n4-c4ccccc4)C=CCC=C3)c2)c2ccccc12.c1ccccc1. The van der Waals surface area contributed by atoms with Gasteiger partial charge in [-0.1, -0.05) is 170 Å². The standard InChI is InChI=1S/C53H44N4.C6H6/c1-35(54)28-50(55-34-36-14-5-2-6-15-36)45-25-26-49(44-21-12-11-20-43(44)45)56-51-33-41-30-40(41)32-47(51)39-17-13-16-37(29-39)38-24-27-53-48(31-38)46-22-9-4-10-23-52(46)57(53)42-18-7-3-8-19-42;1-2-4-6-5-3-1/h2-3,5-29,31-33,40-41,56H,4,30,34,54H2,1H3;1-6H/b35-28-,55-50?;. The van der Waals surface area contributed by atoms with Gasteiger partial charge < -0.3 is 15.6 Å². The average molecular weight is 815 g/mol. The van der Waals surface area contributed by atoms with Gasteiger partial charge in [0.05, 0.1) is 23.5 Å². The number of allylic oxidation sites excluding steroid dienone is 7. The molecule has 1 aromatic heterocycles. The number of aliphatic imine (C=N–C) groups is 1. The molecule has 2 atom stereocenters. The van der Waals surface area contributed by atoms with Crippen LogP contribution in [0.2, 0.25) is 0 Å². The van der Waals surface area contributed by atoms with Crippen molar-refractivity contribution in [1.29, 1.82) is 0 Å². The number of aromatic nitrogens is 1. The Labute approximate surface area is 370 Å². The van der Waals surface area contributed by atoms with E-state index in [-0.39, 0.29) is 0 Å². The van der Waals surface area contributed by atoms with Crippen LogP contribution in [0.5, 0.6) is 0 Å². The number of fused-ring (bicyclic) bond motifs is 5. The lowest BCUT2D eigenvalue weighted by Gasteiger charge is -2.21. The summed E-state index contributed by atoms with van der Waals surface area (Å²) in [6.07, 6.45) is 18.2. The van der Waals surface area contributed by atoms with Gasteiger partial charge in [-0.05, 0) is 108 Å². The molecule has 3 aliphatic carbocycles. The van der Waals surface area contributed by atoms with E-state index in [0.717, 1.165) is 45.5 Å². The van der Waals surface area contributed by atoms with Crippen molar-refractivity contribution in [2.24, 2.45) is 22.6 Å². The summed E-state index contributed by atoms with van der Waals surface area (Å²) >= 11 is 0. The fourth-order valence-electron chi connectivity index (χ4n) is 8.95. The van der Waals surface area contributed by atoms with Crippen molar-refractivity contribution >= 4 is 50.8 Å².